The summed E-state index contributed by atoms with van der Waals surface area (Å²) in [6, 6.07) is 0. The molecular formula is C11H22O. The van der Waals surface area contributed by atoms with E-state index in [9.17, 15) is 5.11 Å². The Morgan fingerprint density at radius 2 is 1.42 bits per heavy atom. The first-order valence-corrected chi connectivity index (χ1v) is 5.12. The molecule has 0 heterocycles. The van der Waals surface area contributed by atoms with Crippen LogP contribution in [0.15, 0.2) is 0 Å². The van der Waals surface area contributed by atoms with Crippen molar-refractivity contribution in [2.75, 3.05) is 0 Å². The van der Waals surface area contributed by atoms with Crippen molar-refractivity contribution in [2.24, 2.45) is 17.8 Å². The summed E-state index contributed by atoms with van der Waals surface area (Å²) >= 11 is 0. The molecule has 0 aromatic heterocycles. The zero-order valence-electron chi connectivity index (χ0n) is 8.80. The Hall–Kier alpha value is -0.0400. The maximum atomic E-state index is 9.88. The quantitative estimate of drug-likeness (QED) is 0.641. The highest BCUT2D eigenvalue weighted by Crippen LogP contribution is 2.38. The fraction of sp³-hybridized carbons (Fsp3) is 1.00. The molecule has 1 rings (SSSR count). The number of hydrogen-bond acceptors (Lipinski definition) is 1. The lowest BCUT2D eigenvalue weighted by molar-refractivity contribution is -0.0181. The number of rotatable bonds is 1. The van der Waals surface area contributed by atoms with Crippen LogP contribution in [-0.2, 0) is 0 Å². The highest BCUT2D eigenvalue weighted by Gasteiger charge is 2.33. The first kappa shape index (κ1) is 10.0. The van der Waals surface area contributed by atoms with E-state index in [2.05, 4.69) is 13.8 Å². The smallest absolute Gasteiger partial charge is 0.0620 e. The minimum Gasteiger partial charge on any atom is -0.390 e. The van der Waals surface area contributed by atoms with E-state index < -0.39 is 5.60 Å². The monoisotopic (exact) mass is 170 g/mol. The first-order valence-electron chi connectivity index (χ1n) is 5.12. The van der Waals surface area contributed by atoms with Gasteiger partial charge in [0.15, 0.2) is 0 Å². The Morgan fingerprint density at radius 3 is 1.75 bits per heavy atom. The van der Waals surface area contributed by atoms with E-state index in [1.165, 1.54) is 19.3 Å². The van der Waals surface area contributed by atoms with Crippen LogP contribution in [0.4, 0.5) is 0 Å². The van der Waals surface area contributed by atoms with Crippen molar-refractivity contribution in [2.45, 2.75) is 52.6 Å². The van der Waals surface area contributed by atoms with Crippen LogP contribution in [-0.4, -0.2) is 10.7 Å². The van der Waals surface area contributed by atoms with E-state index in [4.69, 9.17) is 0 Å². The van der Waals surface area contributed by atoms with Gasteiger partial charge in [0.05, 0.1) is 5.60 Å². The normalized spacial score (nSPS) is 38.2. The van der Waals surface area contributed by atoms with Crippen molar-refractivity contribution in [3.63, 3.8) is 0 Å². The van der Waals surface area contributed by atoms with E-state index >= 15 is 0 Å². The van der Waals surface area contributed by atoms with Crippen molar-refractivity contribution < 1.29 is 5.11 Å². The van der Waals surface area contributed by atoms with Crippen molar-refractivity contribution >= 4 is 0 Å². The van der Waals surface area contributed by atoms with Gasteiger partial charge in [-0.3, -0.25) is 0 Å². The van der Waals surface area contributed by atoms with Gasteiger partial charge >= 0.3 is 0 Å². The molecule has 0 aliphatic heterocycles. The van der Waals surface area contributed by atoms with Crippen LogP contribution in [0.3, 0.4) is 0 Å². The van der Waals surface area contributed by atoms with Gasteiger partial charge < -0.3 is 5.11 Å². The molecular weight excluding hydrogens is 148 g/mol. The van der Waals surface area contributed by atoms with Crippen LogP contribution < -0.4 is 0 Å². The number of hydrogen-bond donors (Lipinski definition) is 1. The molecule has 0 bridgehead atoms. The minimum atomic E-state index is -0.469. The van der Waals surface area contributed by atoms with Gasteiger partial charge in [0, 0.05) is 0 Å². The zero-order chi connectivity index (χ0) is 9.35. The second kappa shape index (κ2) is 3.37. The van der Waals surface area contributed by atoms with Crippen LogP contribution in [0.25, 0.3) is 0 Å². The van der Waals surface area contributed by atoms with Gasteiger partial charge in [-0.25, -0.2) is 0 Å². The average Bonchev–Trinajstić information content (AvgIpc) is 1.82. The Morgan fingerprint density at radius 1 is 1.00 bits per heavy atom. The van der Waals surface area contributed by atoms with E-state index in [0.29, 0.717) is 5.92 Å². The molecule has 0 aromatic carbocycles. The molecule has 2 unspecified atom stereocenters. The summed E-state index contributed by atoms with van der Waals surface area (Å²) in [5.41, 5.74) is -0.469. The summed E-state index contributed by atoms with van der Waals surface area (Å²) in [6.45, 7) is 8.49. The Labute approximate surface area is 76.2 Å². The van der Waals surface area contributed by atoms with E-state index in [1.807, 2.05) is 13.8 Å². The molecule has 1 aliphatic rings. The van der Waals surface area contributed by atoms with Gasteiger partial charge in [-0.2, -0.15) is 0 Å². The van der Waals surface area contributed by atoms with Crippen LogP contribution in [0.1, 0.15) is 47.0 Å². The van der Waals surface area contributed by atoms with Crippen molar-refractivity contribution in [3.8, 4) is 0 Å². The van der Waals surface area contributed by atoms with Gasteiger partial charge in [-0.1, -0.05) is 13.8 Å². The second-order valence-electron chi connectivity index (χ2n) is 5.27. The minimum absolute atomic E-state index is 0.469. The molecule has 1 aliphatic carbocycles. The van der Waals surface area contributed by atoms with Crippen LogP contribution in [0.2, 0.25) is 0 Å². The molecule has 2 atom stereocenters. The summed E-state index contributed by atoms with van der Waals surface area (Å²) in [5.74, 6) is 2.10. The molecule has 0 saturated heterocycles. The van der Waals surface area contributed by atoms with Gasteiger partial charge in [-0.15, -0.1) is 0 Å². The van der Waals surface area contributed by atoms with Crippen LogP contribution in [0.5, 0.6) is 0 Å². The van der Waals surface area contributed by atoms with Crippen molar-refractivity contribution in [1.29, 1.82) is 0 Å². The standard InChI is InChI=1S/C11H22O/c1-8-5-9(2)7-10(6-8)11(3,4)12/h8-10,12H,5-7H2,1-4H3. The van der Waals surface area contributed by atoms with E-state index in [-0.39, 0.29) is 0 Å². The Kier molecular flexibility index (Phi) is 2.82. The van der Waals surface area contributed by atoms with Crippen molar-refractivity contribution in [3.05, 3.63) is 0 Å². The summed E-state index contributed by atoms with van der Waals surface area (Å²) in [5, 5.41) is 9.88. The third-order valence-electron chi connectivity index (χ3n) is 3.18. The van der Waals surface area contributed by atoms with Crippen LogP contribution in [0, 0.1) is 17.8 Å². The molecule has 72 valence electrons. The summed E-state index contributed by atoms with van der Waals surface area (Å²) in [4.78, 5) is 0. The maximum Gasteiger partial charge on any atom is 0.0620 e. The van der Waals surface area contributed by atoms with Gasteiger partial charge in [-0.05, 0) is 50.9 Å². The molecule has 1 nitrogen and oxygen atoms in total. The third-order valence-corrected chi connectivity index (χ3v) is 3.18. The lowest BCUT2D eigenvalue weighted by atomic mass is 9.71. The maximum absolute atomic E-state index is 9.88. The highest BCUT2D eigenvalue weighted by atomic mass is 16.3. The fourth-order valence-corrected chi connectivity index (χ4v) is 2.52. The predicted octanol–water partition coefficient (Wildman–Crippen LogP) is 2.83. The fourth-order valence-electron chi connectivity index (χ4n) is 2.52. The summed E-state index contributed by atoms with van der Waals surface area (Å²) in [6.07, 6.45) is 3.74. The SMILES string of the molecule is CC1CC(C)CC(C(C)(C)O)C1. The lowest BCUT2D eigenvalue weighted by Crippen LogP contribution is -2.36. The van der Waals surface area contributed by atoms with Gasteiger partial charge in [0.25, 0.3) is 0 Å². The summed E-state index contributed by atoms with van der Waals surface area (Å²) in [7, 11) is 0. The largest absolute Gasteiger partial charge is 0.390 e. The molecule has 1 heteroatoms. The molecule has 0 amide bonds. The molecule has 0 radical (unpaired) electrons. The number of aliphatic hydroxyl groups is 1. The Balaban J connectivity index is 2.55. The molecule has 1 saturated carbocycles. The van der Waals surface area contributed by atoms with Gasteiger partial charge in [0.1, 0.15) is 0 Å². The molecule has 1 fully saturated rings. The predicted molar refractivity (Wildman–Crippen MR) is 52.0 cm³/mol. The molecule has 1 N–H and O–H groups in total. The second-order valence-corrected chi connectivity index (χ2v) is 5.27. The molecule has 12 heavy (non-hydrogen) atoms. The Bertz CT molecular complexity index is 136. The summed E-state index contributed by atoms with van der Waals surface area (Å²) < 4.78 is 0. The third kappa shape index (κ3) is 2.48. The molecule has 0 spiro atoms. The van der Waals surface area contributed by atoms with Crippen LogP contribution >= 0.6 is 0 Å². The lowest BCUT2D eigenvalue weighted by Gasteiger charge is -2.38. The van der Waals surface area contributed by atoms with Crippen molar-refractivity contribution in [1.82, 2.24) is 0 Å². The van der Waals surface area contributed by atoms with E-state index in [0.717, 1.165) is 11.8 Å². The van der Waals surface area contributed by atoms with E-state index in [1.54, 1.807) is 0 Å². The molecule has 0 aromatic rings. The average molecular weight is 170 g/mol. The highest BCUT2D eigenvalue weighted by molar-refractivity contribution is 4.84. The topological polar surface area (TPSA) is 20.2 Å². The first-order chi connectivity index (χ1) is 5.39. The zero-order valence-corrected chi connectivity index (χ0v) is 8.80. The van der Waals surface area contributed by atoms with Gasteiger partial charge in [0.2, 0.25) is 0 Å².